The molecule has 0 unspecified atom stereocenters. The van der Waals surface area contributed by atoms with Gasteiger partial charge in [0.2, 0.25) is 0 Å². The Kier molecular flexibility index (Phi) is 2.68. The topological polar surface area (TPSA) is 27.7 Å². The smallest absolute Gasteiger partial charge is 0.173 e. The molecule has 0 amide bonds. The molecule has 0 bridgehead atoms. The normalized spacial score (nSPS) is 10.3. The fourth-order valence-electron chi connectivity index (χ4n) is 1.51. The average Bonchev–Trinajstić information content (AvgIpc) is 2.70. The molecule has 0 fully saturated rings. The van der Waals surface area contributed by atoms with Crippen molar-refractivity contribution in [3.63, 3.8) is 0 Å². The van der Waals surface area contributed by atoms with Crippen LogP contribution in [-0.4, -0.2) is 21.3 Å². The maximum Gasteiger partial charge on any atom is 0.173 e. The molecule has 0 spiro atoms. The SMILES string of the molecule is COc1ccc2s[c]c(OC)c2c1OC. The molecule has 0 aliphatic rings. The summed E-state index contributed by atoms with van der Waals surface area (Å²) in [5.74, 6) is 2.10. The van der Waals surface area contributed by atoms with Gasteiger partial charge in [0, 0.05) is 4.70 Å². The fraction of sp³-hybridized carbons (Fsp3) is 0.273. The molecule has 0 aliphatic carbocycles. The number of hydrogen-bond donors (Lipinski definition) is 0. The van der Waals surface area contributed by atoms with Crippen molar-refractivity contribution in [2.45, 2.75) is 0 Å². The molecule has 1 radical (unpaired) electrons. The Morgan fingerprint density at radius 1 is 1.07 bits per heavy atom. The van der Waals surface area contributed by atoms with Crippen LogP contribution in [0.4, 0.5) is 0 Å². The van der Waals surface area contributed by atoms with Gasteiger partial charge in [0.15, 0.2) is 11.5 Å². The summed E-state index contributed by atoms with van der Waals surface area (Å²) < 4.78 is 16.9. The standard InChI is InChI=1S/C11H11O3S/c1-12-7-4-5-9-10(11(7)14-3)8(13-2)6-15-9/h4-5H,1-3H3. The van der Waals surface area contributed by atoms with Gasteiger partial charge < -0.3 is 14.2 Å². The highest BCUT2D eigenvalue weighted by Crippen LogP contribution is 2.43. The van der Waals surface area contributed by atoms with Gasteiger partial charge in [-0.1, -0.05) is 0 Å². The lowest BCUT2D eigenvalue weighted by atomic mass is 10.2. The summed E-state index contributed by atoms with van der Waals surface area (Å²) in [5, 5.41) is 3.99. The molecule has 0 saturated carbocycles. The van der Waals surface area contributed by atoms with Gasteiger partial charge in [0.25, 0.3) is 0 Å². The minimum absolute atomic E-state index is 0.698. The highest BCUT2D eigenvalue weighted by molar-refractivity contribution is 7.17. The van der Waals surface area contributed by atoms with E-state index in [0.29, 0.717) is 17.2 Å². The number of fused-ring (bicyclic) bond motifs is 1. The van der Waals surface area contributed by atoms with E-state index in [9.17, 15) is 0 Å². The highest BCUT2D eigenvalue weighted by Gasteiger charge is 2.14. The third-order valence-corrected chi connectivity index (χ3v) is 3.04. The number of ether oxygens (including phenoxy) is 3. The third-order valence-electron chi connectivity index (χ3n) is 2.19. The van der Waals surface area contributed by atoms with E-state index in [1.54, 1.807) is 21.3 Å². The molecule has 4 heteroatoms. The zero-order valence-electron chi connectivity index (χ0n) is 8.79. The lowest BCUT2D eigenvalue weighted by molar-refractivity contribution is 0.356. The van der Waals surface area contributed by atoms with Crippen LogP contribution in [0.1, 0.15) is 0 Å². The van der Waals surface area contributed by atoms with Crippen molar-refractivity contribution in [1.82, 2.24) is 0 Å². The van der Waals surface area contributed by atoms with E-state index in [2.05, 4.69) is 5.38 Å². The van der Waals surface area contributed by atoms with Gasteiger partial charge in [0.1, 0.15) is 5.75 Å². The highest BCUT2D eigenvalue weighted by atomic mass is 32.1. The van der Waals surface area contributed by atoms with Gasteiger partial charge in [-0.3, -0.25) is 0 Å². The molecule has 1 heterocycles. The lowest BCUT2D eigenvalue weighted by Crippen LogP contribution is -1.91. The van der Waals surface area contributed by atoms with Crippen molar-refractivity contribution in [2.24, 2.45) is 0 Å². The maximum absolute atomic E-state index is 5.33. The summed E-state index contributed by atoms with van der Waals surface area (Å²) in [4.78, 5) is 0. The van der Waals surface area contributed by atoms with Gasteiger partial charge in [-0.25, -0.2) is 0 Å². The predicted molar refractivity (Wildman–Crippen MR) is 60.3 cm³/mol. The number of benzene rings is 1. The maximum atomic E-state index is 5.33. The molecule has 2 rings (SSSR count). The first-order chi connectivity index (χ1) is 7.31. The fourth-order valence-corrected chi connectivity index (χ4v) is 2.32. The average molecular weight is 223 g/mol. The van der Waals surface area contributed by atoms with Gasteiger partial charge in [0.05, 0.1) is 32.1 Å². The van der Waals surface area contributed by atoms with Crippen molar-refractivity contribution in [3.05, 3.63) is 17.5 Å². The molecule has 2 aromatic rings. The first-order valence-electron chi connectivity index (χ1n) is 4.41. The number of hydrogen-bond acceptors (Lipinski definition) is 4. The lowest BCUT2D eigenvalue weighted by Gasteiger charge is -2.09. The van der Waals surface area contributed by atoms with Gasteiger partial charge >= 0.3 is 0 Å². The zero-order chi connectivity index (χ0) is 10.8. The Bertz CT molecular complexity index is 476. The van der Waals surface area contributed by atoms with E-state index >= 15 is 0 Å². The van der Waals surface area contributed by atoms with Crippen LogP contribution in [0.25, 0.3) is 10.1 Å². The van der Waals surface area contributed by atoms with Crippen LogP contribution in [0.3, 0.4) is 0 Å². The van der Waals surface area contributed by atoms with E-state index < -0.39 is 0 Å². The molecule has 0 aliphatic heterocycles. The predicted octanol–water partition coefficient (Wildman–Crippen LogP) is 2.73. The first kappa shape index (κ1) is 10.1. The second kappa shape index (κ2) is 3.98. The second-order valence-corrected chi connectivity index (χ2v) is 3.76. The molecule has 0 N–H and O–H groups in total. The van der Waals surface area contributed by atoms with Gasteiger partial charge in [-0.15, -0.1) is 11.3 Å². The third kappa shape index (κ3) is 1.51. The van der Waals surface area contributed by atoms with E-state index in [0.717, 1.165) is 10.1 Å². The summed E-state index contributed by atoms with van der Waals surface area (Å²) in [7, 11) is 4.86. The largest absolute Gasteiger partial charge is 0.494 e. The van der Waals surface area contributed by atoms with Gasteiger partial charge in [-0.2, -0.15) is 0 Å². The quantitative estimate of drug-likeness (QED) is 0.800. The minimum atomic E-state index is 0.698. The van der Waals surface area contributed by atoms with Crippen LogP contribution in [0.2, 0.25) is 0 Å². The molecular formula is C11H11O3S. The number of thiophene rings is 1. The van der Waals surface area contributed by atoms with Crippen molar-refractivity contribution in [2.75, 3.05) is 21.3 Å². The molecule has 1 aromatic heterocycles. The van der Waals surface area contributed by atoms with Crippen LogP contribution in [0, 0.1) is 5.38 Å². The zero-order valence-corrected chi connectivity index (χ0v) is 9.60. The number of methoxy groups -OCH3 is 3. The van der Waals surface area contributed by atoms with Crippen molar-refractivity contribution < 1.29 is 14.2 Å². The van der Waals surface area contributed by atoms with Crippen molar-refractivity contribution in [3.8, 4) is 17.2 Å². The Morgan fingerprint density at radius 3 is 2.47 bits per heavy atom. The minimum Gasteiger partial charge on any atom is -0.494 e. The van der Waals surface area contributed by atoms with Crippen LogP contribution in [-0.2, 0) is 0 Å². The first-order valence-corrected chi connectivity index (χ1v) is 5.22. The summed E-state index contributed by atoms with van der Waals surface area (Å²) in [6, 6.07) is 3.85. The molecule has 79 valence electrons. The van der Waals surface area contributed by atoms with Crippen LogP contribution in [0.15, 0.2) is 12.1 Å². The summed E-state index contributed by atoms with van der Waals surface area (Å²) >= 11 is 1.50. The molecule has 15 heavy (non-hydrogen) atoms. The van der Waals surface area contributed by atoms with E-state index in [1.165, 1.54) is 11.3 Å². The van der Waals surface area contributed by atoms with Gasteiger partial charge in [-0.05, 0) is 12.1 Å². The monoisotopic (exact) mass is 223 g/mol. The van der Waals surface area contributed by atoms with Crippen LogP contribution in [0.5, 0.6) is 17.2 Å². The summed E-state index contributed by atoms with van der Waals surface area (Å²) in [6.07, 6.45) is 0. The van der Waals surface area contributed by atoms with Crippen LogP contribution >= 0.6 is 11.3 Å². The Hall–Kier alpha value is -1.42. The van der Waals surface area contributed by atoms with Crippen molar-refractivity contribution in [1.29, 1.82) is 0 Å². The molecule has 3 nitrogen and oxygen atoms in total. The van der Waals surface area contributed by atoms with E-state index in [-0.39, 0.29) is 0 Å². The van der Waals surface area contributed by atoms with Crippen molar-refractivity contribution >= 4 is 21.4 Å². The Labute approximate surface area is 92.2 Å². The molecular weight excluding hydrogens is 212 g/mol. The Morgan fingerprint density at radius 2 is 1.87 bits per heavy atom. The molecule has 0 atom stereocenters. The second-order valence-electron chi connectivity index (χ2n) is 2.91. The summed E-state index contributed by atoms with van der Waals surface area (Å²) in [6.45, 7) is 0. The molecule has 0 saturated heterocycles. The van der Waals surface area contributed by atoms with E-state index in [4.69, 9.17) is 14.2 Å². The Balaban J connectivity index is 2.77. The number of rotatable bonds is 3. The van der Waals surface area contributed by atoms with E-state index in [1.807, 2.05) is 12.1 Å². The summed E-state index contributed by atoms with van der Waals surface area (Å²) in [5.41, 5.74) is 0. The van der Waals surface area contributed by atoms with Crippen LogP contribution < -0.4 is 14.2 Å². The molecule has 1 aromatic carbocycles.